The summed E-state index contributed by atoms with van der Waals surface area (Å²) in [6.45, 7) is 5.02. The van der Waals surface area contributed by atoms with Crippen molar-refractivity contribution in [3.05, 3.63) is 12.2 Å². The Morgan fingerprint density at radius 3 is 2.54 bits per heavy atom. The van der Waals surface area contributed by atoms with Crippen molar-refractivity contribution in [2.45, 2.75) is 113 Å². The van der Waals surface area contributed by atoms with Gasteiger partial charge in [-0.2, -0.15) is 0 Å². The molecule has 13 heteroatoms. The van der Waals surface area contributed by atoms with Crippen molar-refractivity contribution in [2.75, 3.05) is 6.54 Å². The van der Waals surface area contributed by atoms with Crippen LogP contribution < -0.4 is 15.4 Å². The van der Waals surface area contributed by atoms with Crippen LogP contribution in [-0.4, -0.2) is 83.4 Å². The van der Waals surface area contributed by atoms with Crippen molar-refractivity contribution in [1.82, 2.24) is 20.3 Å². The molecule has 0 aromatic rings. The molecule has 1 saturated heterocycles. The van der Waals surface area contributed by atoms with E-state index in [-0.39, 0.29) is 19.4 Å². The van der Waals surface area contributed by atoms with E-state index in [1.165, 1.54) is 4.90 Å². The molecule has 1 unspecified atom stereocenters. The number of hydrogen-bond acceptors (Lipinski definition) is 8. The Kier molecular flexibility index (Phi) is 8.32. The van der Waals surface area contributed by atoms with Gasteiger partial charge in [0.15, 0.2) is 0 Å². The number of sulfonamides is 1. The number of hydrogen-bond donors (Lipinski definition) is 4. The number of aliphatic hydroxyl groups excluding tert-OH is 1. The average Bonchev–Trinajstić information content (AvgIpc) is 3.73. The van der Waals surface area contributed by atoms with Crippen LogP contribution in [0.2, 0.25) is 0 Å². The lowest BCUT2D eigenvalue weighted by Gasteiger charge is -2.30. The number of carbonyl (C=O) groups is 4. The third kappa shape index (κ3) is 7.10. The highest BCUT2D eigenvalue weighted by Gasteiger charge is 2.62. The lowest BCUT2D eigenvalue weighted by molar-refractivity contribution is -0.141. The average molecular weight is 569 g/mol. The molecule has 3 fully saturated rings. The Labute approximate surface area is 229 Å². The monoisotopic (exact) mass is 568 g/mol. The van der Waals surface area contributed by atoms with Gasteiger partial charge in [0.1, 0.15) is 23.2 Å². The summed E-state index contributed by atoms with van der Waals surface area (Å²) in [6, 6.07) is -2.05. The Bertz CT molecular complexity index is 1130. The van der Waals surface area contributed by atoms with Gasteiger partial charge in [0.2, 0.25) is 21.8 Å². The first-order chi connectivity index (χ1) is 18.2. The zero-order chi connectivity index (χ0) is 28.6. The van der Waals surface area contributed by atoms with E-state index in [0.717, 1.165) is 12.8 Å². The van der Waals surface area contributed by atoms with Gasteiger partial charge in [-0.25, -0.2) is 13.2 Å². The molecule has 2 heterocycles. The summed E-state index contributed by atoms with van der Waals surface area (Å²) < 4.78 is 32.4. The van der Waals surface area contributed by atoms with E-state index >= 15 is 0 Å². The smallest absolute Gasteiger partial charge is 0.408 e. The van der Waals surface area contributed by atoms with Gasteiger partial charge in [0.05, 0.1) is 11.4 Å². The minimum atomic E-state index is -3.83. The predicted molar refractivity (Wildman–Crippen MR) is 141 cm³/mol. The highest BCUT2D eigenvalue weighted by atomic mass is 32.2. The normalized spacial score (nSPS) is 32.2. The number of nitrogens with one attached hydrogen (secondary N) is 3. The van der Waals surface area contributed by atoms with Gasteiger partial charge < -0.3 is 25.4 Å². The number of fused-ring (bicyclic) bond motifs is 2. The van der Waals surface area contributed by atoms with E-state index in [9.17, 15) is 32.7 Å². The SMILES string of the molecule is CC(C)(C)OC(=O)N[C@H]1CCCCCC=C[C@@H]2C[C@@]2(C(=O)NS(=O)(=O)C2CC2)NC(=O)C2C[C@@H](O)CN2C1=O. The first-order valence-electron chi connectivity index (χ1n) is 13.7. The summed E-state index contributed by atoms with van der Waals surface area (Å²) in [4.78, 5) is 54.1. The zero-order valence-electron chi connectivity index (χ0n) is 22.8. The Morgan fingerprint density at radius 2 is 1.87 bits per heavy atom. The second kappa shape index (κ2) is 11.1. The summed E-state index contributed by atoms with van der Waals surface area (Å²) in [5.74, 6) is -2.35. The largest absolute Gasteiger partial charge is 0.444 e. The molecule has 4 aliphatic rings. The maximum absolute atomic E-state index is 13.6. The number of nitrogens with zero attached hydrogens (tertiary/aromatic N) is 1. The number of allylic oxidation sites excluding steroid dienone is 1. The van der Waals surface area contributed by atoms with Gasteiger partial charge >= 0.3 is 6.09 Å². The summed E-state index contributed by atoms with van der Waals surface area (Å²) in [6.07, 6.45) is 6.46. The van der Waals surface area contributed by atoms with E-state index in [1.807, 2.05) is 12.2 Å². The van der Waals surface area contributed by atoms with Crippen molar-refractivity contribution >= 4 is 33.8 Å². The second-order valence-corrected chi connectivity index (χ2v) is 14.1. The Hall–Kier alpha value is -2.67. The molecular formula is C26H40N4O8S. The highest BCUT2D eigenvalue weighted by Crippen LogP contribution is 2.46. The molecule has 4 rings (SSSR count). The fourth-order valence-electron chi connectivity index (χ4n) is 5.23. The highest BCUT2D eigenvalue weighted by molar-refractivity contribution is 7.91. The molecule has 0 radical (unpaired) electrons. The van der Waals surface area contributed by atoms with Crippen molar-refractivity contribution in [3.8, 4) is 0 Å². The van der Waals surface area contributed by atoms with Crippen LogP contribution >= 0.6 is 0 Å². The fraction of sp³-hybridized carbons (Fsp3) is 0.769. The van der Waals surface area contributed by atoms with Crippen molar-refractivity contribution in [3.63, 3.8) is 0 Å². The summed E-state index contributed by atoms with van der Waals surface area (Å²) in [7, 11) is -3.83. The molecule has 39 heavy (non-hydrogen) atoms. The molecule has 0 aromatic heterocycles. The number of aliphatic hydroxyl groups is 1. The van der Waals surface area contributed by atoms with Crippen molar-refractivity contribution < 1.29 is 37.4 Å². The number of amides is 4. The van der Waals surface area contributed by atoms with Gasteiger partial charge in [-0.3, -0.25) is 19.1 Å². The van der Waals surface area contributed by atoms with Crippen LogP contribution in [0.15, 0.2) is 12.2 Å². The molecule has 2 saturated carbocycles. The number of ether oxygens (including phenoxy) is 1. The minimum Gasteiger partial charge on any atom is -0.444 e. The maximum Gasteiger partial charge on any atom is 0.408 e. The molecule has 218 valence electrons. The van der Waals surface area contributed by atoms with Crippen LogP contribution in [0.1, 0.15) is 78.6 Å². The van der Waals surface area contributed by atoms with Gasteiger partial charge in [0, 0.05) is 18.9 Å². The quantitative estimate of drug-likeness (QED) is 0.362. The van der Waals surface area contributed by atoms with E-state index in [0.29, 0.717) is 32.1 Å². The fourth-order valence-corrected chi connectivity index (χ4v) is 6.59. The molecule has 0 aromatic carbocycles. The molecule has 5 atom stereocenters. The van der Waals surface area contributed by atoms with Crippen LogP contribution in [0, 0.1) is 5.92 Å². The van der Waals surface area contributed by atoms with Gasteiger partial charge in [-0.05, 0) is 59.3 Å². The number of alkyl carbamates (subject to hydrolysis) is 1. The maximum atomic E-state index is 13.6. The molecule has 2 aliphatic carbocycles. The predicted octanol–water partition coefficient (Wildman–Crippen LogP) is 0.845. The molecule has 12 nitrogen and oxygen atoms in total. The zero-order valence-corrected chi connectivity index (χ0v) is 23.6. The van der Waals surface area contributed by atoms with Crippen LogP contribution in [0.25, 0.3) is 0 Å². The molecule has 4 amide bonds. The first-order valence-corrected chi connectivity index (χ1v) is 15.3. The first kappa shape index (κ1) is 29.3. The Morgan fingerprint density at radius 1 is 1.15 bits per heavy atom. The standard InChI is InChI=1S/C26H40N4O8S/c1-25(2,3)38-24(35)27-19-10-8-6-4-5-7-9-16-14-26(16,23(34)29-39(36,37)18-11-12-18)28-21(32)20-13-17(31)15-30(20)22(19)33/h7,9,16-20,31H,4-6,8,10-15H2,1-3H3,(H,27,35)(H,28,32)(H,29,34)/t16-,17-,19+,20?,26-/m1/s1. The van der Waals surface area contributed by atoms with Crippen LogP contribution in [-0.2, 0) is 29.1 Å². The third-order valence-corrected chi connectivity index (χ3v) is 9.37. The summed E-state index contributed by atoms with van der Waals surface area (Å²) in [5, 5.41) is 15.2. The van der Waals surface area contributed by atoms with E-state index in [2.05, 4.69) is 15.4 Å². The summed E-state index contributed by atoms with van der Waals surface area (Å²) in [5.41, 5.74) is -2.22. The van der Waals surface area contributed by atoms with Gasteiger partial charge in [0.25, 0.3) is 5.91 Å². The molecule has 0 bridgehead atoms. The van der Waals surface area contributed by atoms with Gasteiger partial charge in [-0.15, -0.1) is 0 Å². The van der Waals surface area contributed by atoms with Crippen LogP contribution in [0.5, 0.6) is 0 Å². The topological polar surface area (TPSA) is 171 Å². The molecule has 4 N–H and O–H groups in total. The van der Waals surface area contributed by atoms with Crippen molar-refractivity contribution in [1.29, 1.82) is 0 Å². The third-order valence-electron chi connectivity index (χ3n) is 7.55. The molecular weight excluding hydrogens is 528 g/mol. The summed E-state index contributed by atoms with van der Waals surface area (Å²) >= 11 is 0. The van der Waals surface area contributed by atoms with E-state index < -0.39 is 74.3 Å². The van der Waals surface area contributed by atoms with Crippen LogP contribution in [0.4, 0.5) is 4.79 Å². The lowest BCUT2D eigenvalue weighted by atomic mass is 10.0. The lowest BCUT2D eigenvalue weighted by Crippen LogP contribution is -2.58. The number of carbonyl (C=O) groups excluding carboxylic acids is 4. The second-order valence-electron chi connectivity index (χ2n) is 12.1. The van der Waals surface area contributed by atoms with Crippen LogP contribution in [0.3, 0.4) is 0 Å². The van der Waals surface area contributed by atoms with E-state index in [1.54, 1.807) is 20.8 Å². The van der Waals surface area contributed by atoms with E-state index in [4.69, 9.17) is 4.74 Å². The Balaban J connectivity index is 1.57. The molecule has 0 spiro atoms. The van der Waals surface area contributed by atoms with Crippen molar-refractivity contribution in [2.24, 2.45) is 5.92 Å². The van der Waals surface area contributed by atoms with Gasteiger partial charge in [-0.1, -0.05) is 25.0 Å². The molecule has 2 aliphatic heterocycles. The minimum absolute atomic E-state index is 0.0463. The number of rotatable bonds is 4.